The second-order valence-corrected chi connectivity index (χ2v) is 6.01. The molecule has 0 saturated carbocycles. The number of unbranched alkanes of at least 4 members (excludes halogenated alkanes) is 1. The number of benzene rings is 1. The molecule has 1 N–H and O–H groups in total. The average Bonchev–Trinajstić information content (AvgIpc) is 3.23. The summed E-state index contributed by atoms with van der Waals surface area (Å²) in [5.41, 5.74) is 1.55. The van der Waals surface area contributed by atoms with Crippen LogP contribution in [0, 0.1) is 0 Å². The maximum absolute atomic E-state index is 12.3. The third-order valence-electron chi connectivity index (χ3n) is 3.33. The molecule has 1 amide bonds. The number of carbonyl (C=O) groups is 1. The van der Waals surface area contributed by atoms with E-state index in [4.69, 9.17) is 0 Å². The highest BCUT2D eigenvalue weighted by Crippen LogP contribution is 2.27. The Morgan fingerprint density at radius 1 is 1.30 bits per heavy atom. The van der Waals surface area contributed by atoms with Crippen molar-refractivity contribution >= 4 is 22.4 Å². The van der Waals surface area contributed by atoms with E-state index >= 15 is 0 Å². The van der Waals surface area contributed by atoms with E-state index in [2.05, 4.69) is 27.3 Å². The van der Waals surface area contributed by atoms with E-state index in [0.29, 0.717) is 10.7 Å². The van der Waals surface area contributed by atoms with Crippen molar-refractivity contribution in [3.05, 3.63) is 54.2 Å². The van der Waals surface area contributed by atoms with Gasteiger partial charge < -0.3 is 0 Å². The number of amides is 1. The molecule has 2 heterocycles. The Morgan fingerprint density at radius 3 is 2.83 bits per heavy atom. The summed E-state index contributed by atoms with van der Waals surface area (Å²) in [6, 6.07) is 9.11. The lowest BCUT2D eigenvalue weighted by Gasteiger charge is -2.00. The van der Waals surface area contributed by atoms with E-state index in [1.165, 1.54) is 17.7 Å². The topological polar surface area (TPSA) is 72.7 Å². The minimum atomic E-state index is -0.161. The predicted octanol–water partition coefficient (Wildman–Crippen LogP) is 3.32. The maximum atomic E-state index is 12.3. The van der Waals surface area contributed by atoms with Gasteiger partial charge in [0.25, 0.3) is 5.91 Å². The number of hydrogen-bond acceptors (Lipinski definition) is 5. The molecule has 0 aliphatic carbocycles. The molecule has 0 fully saturated rings. The van der Waals surface area contributed by atoms with Crippen LogP contribution in [0.25, 0.3) is 5.00 Å². The third kappa shape index (κ3) is 3.62. The van der Waals surface area contributed by atoms with E-state index < -0.39 is 0 Å². The number of rotatable bonds is 6. The normalized spacial score (nSPS) is 10.7. The number of thiazole rings is 1. The van der Waals surface area contributed by atoms with Gasteiger partial charge in [0, 0.05) is 5.56 Å². The zero-order chi connectivity index (χ0) is 16.1. The summed E-state index contributed by atoms with van der Waals surface area (Å²) < 4.78 is 1.70. The lowest BCUT2D eigenvalue weighted by Crippen LogP contribution is -2.11. The van der Waals surface area contributed by atoms with E-state index in [1.54, 1.807) is 23.1 Å². The van der Waals surface area contributed by atoms with Crippen LogP contribution in [0.4, 0.5) is 5.13 Å². The first-order valence-corrected chi connectivity index (χ1v) is 8.30. The molecular weight excluding hydrogens is 310 g/mol. The van der Waals surface area contributed by atoms with Gasteiger partial charge in [0.15, 0.2) is 5.13 Å². The monoisotopic (exact) mass is 327 g/mol. The molecule has 1 aromatic carbocycles. The van der Waals surface area contributed by atoms with Gasteiger partial charge in [-0.25, -0.2) is 14.6 Å². The van der Waals surface area contributed by atoms with Crippen molar-refractivity contribution < 1.29 is 4.79 Å². The molecule has 0 bridgehead atoms. The minimum Gasteiger partial charge on any atom is -0.298 e. The molecule has 0 saturated heterocycles. The highest BCUT2D eigenvalue weighted by molar-refractivity contribution is 7.18. The van der Waals surface area contributed by atoms with Gasteiger partial charge in [0.1, 0.15) is 17.7 Å². The van der Waals surface area contributed by atoms with E-state index in [9.17, 15) is 4.79 Å². The first-order valence-electron chi connectivity index (χ1n) is 7.49. The Balaban J connectivity index is 1.84. The van der Waals surface area contributed by atoms with Crippen molar-refractivity contribution in [1.82, 2.24) is 19.7 Å². The van der Waals surface area contributed by atoms with Crippen LogP contribution in [0.1, 0.15) is 35.8 Å². The van der Waals surface area contributed by atoms with Gasteiger partial charge >= 0.3 is 0 Å². The van der Waals surface area contributed by atoms with Crippen LogP contribution in [0.15, 0.2) is 43.0 Å². The van der Waals surface area contributed by atoms with Crippen molar-refractivity contribution in [2.45, 2.75) is 26.2 Å². The number of aryl methyl sites for hydroxylation is 1. The summed E-state index contributed by atoms with van der Waals surface area (Å²) in [6.45, 7) is 2.14. The summed E-state index contributed by atoms with van der Waals surface area (Å²) in [6.07, 6.45) is 6.11. The van der Waals surface area contributed by atoms with E-state index in [-0.39, 0.29) is 5.91 Å². The van der Waals surface area contributed by atoms with Crippen molar-refractivity contribution in [2.24, 2.45) is 0 Å². The zero-order valence-electron chi connectivity index (χ0n) is 12.8. The Labute approximate surface area is 138 Å². The van der Waals surface area contributed by atoms with Gasteiger partial charge in [-0.05, 0) is 25.0 Å². The van der Waals surface area contributed by atoms with Crippen LogP contribution in [-0.4, -0.2) is 25.7 Å². The second kappa shape index (κ2) is 7.15. The maximum Gasteiger partial charge on any atom is 0.257 e. The molecule has 0 aliphatic heterocycles. The predicted molar refractivity (Wildman–Crippen MR) is 90.0 cm³/mol. The smallest absolute Gasteiger partial charge is 0.257 e. The summed E-state index contributed by atoms with van der Waals surface area (Å²) in [5.74, 6) is -0.161. The number of nitrogens with zero attached hydrogens (tertiary/aromatic N) is 4. The van der Waals surface area contributed by atoms with Gasteiger partial charge in [-0.2, -0.15) is 5.10 Å². The lowest BCUT2D eigenvalue weighted by atomic mass is 10.2. The van der Waals surface area contributed by atoms with Gasteiger partial charge in [0.05, 0.1) is 5.69 Å². The molecule has 0 radical (unpaired) electrons. The fourth-order valence-electron chi connectivity index (χ4n) is 2.16. The van der Waals surface area contributed by atoms with Crippen molar-refractivity contribution in [3.8, 4) is 5.00 Å². The SMILES string of the molecule is CCCCc1nc(NC(=O)c2ccccc2)sc1-n1cncn1. The summed E-state index contributed by atoms with van der Waals surface area (Å²) in [7, 11) is 0. The Hall–Kier alpha value is -2.54. The second-order valence-electron chi connectivity index (χ2n) is 5.03. The fourth-order valence-corrected chi connectivity index (χ4v) is 3.09. The summed E-state index contributed by atoms with van der Waals surface area (Å²) in [4.78, 5) is 20.8. The molecule has 2 aromatic heterocycles. The van der Waals surface area contributed by atoms with E-state index in [0.717, 1.165) is 30.0 Å². The largest absolute Gasteiger partial charge is 0.298 e. The van der Waals surface area contributed by atoms with Crippen LogP contribution < -0.4 is 5.32 Å². The molecule has 0 atom stereocenters. The molecule has 7 heteroatoms. The summed E-state index contributed by atoms with van der Waals surface area (Å²) >= 11 is 1.41. The van der Waals surface area contributed by atoms with Crippen LogP contribution >= 0.6 is 11.3 Å². The Kier molecular flexibility index (Phi) is 4.77. The average molecular weight is 327 g/mol. The molecular formula is C16H17N5OS. The summed E-state index contributed by atoms with van der Waals surface area (Å²) in [5, 5.41) is 8.51. The highest BCUT2D eigenvalue weighted by atomic mass is 32.1. The number of anilines is 1. The van der Waals surface area contributed by atoms with Crippen molar-refractivity contribution in [3.63, 3.8) is 0 Å². The molecule has 23 heavy (non-hydrogen) atoms. The Morgan fingerprint density at radius 2 is 2.13 bits per heavy atom. The number of carbonyl (C=O) groups excluding carboxylic acids is 1. The van der Waals surface area contributed by atoms with Crippen LogP contribution in [0.2, 0.25) is 0 Å². The highest BCUT2D eigenvalue weighted by Gasteiger charge is 2.15. The van der Waals surface area contributed by atoms with Crippen LogP contribution in [0.3, 0.4) is 0 Å². The van der Waals surface area contributed by atoms with Crippen LogP contribution in [0.5, 0.6) is 0 Å². The minimum absolute atomic E-state index is 0.161. The van der Waals surface area contributed by atoms with Crippen LogP contribution in [-0.2, 0) is 6.42 Å². The van der Waals surface area contributed by atoms with E-state index in [1.807, 2.05) is 18.2 Å². The number of hydrogen-bond donors (Lipinski definition) is 1. The molecule has 0 aliphatic rings. The van der Waals surface area contributed by atoms with Crippen molar-refractivity contribution in [2.75, 3.05) is 5.32 Å². The van der Waals surface area contributed by atoms with Gasteiger partial charge in [-0.15, -0.1) is 0 Å². The number of aromatic nitrogens is 4. The van der Waals surface area contributed by atoms with Crippen molar-refractivity contribution in [1.29, 1.82) is 0 Å². The molecule has 3 aromatic rings. The third-order valence-corrected chi connectivity index (χ3v) is 4.33. The first kappa shape index (κ1) is 15.4. The standard InChI is InChI=1S/C16H17N5OS/c1-2-3-9-13-15(21-11-17-10-18-21)23-16(19-13)20-14(22)12-7-5-4-6-8-12/h4-8,10-11H,2-3,9H2,1H3,(H,19,20,22). The van der Waals surface area contributed by atoms with Gasteiger partial charge in [0.2, 0.25) is 0 Å². The molecule has 0 spiro atoms. The quantitative estimate of drug-likeness (QED) is 0.754. The Bertz CT molecular complexity index is 767. The first-order chi connectivity index (χ1) is 11.3. The molecule has 6 nitrogen and oxygen atoms in total. The molecule has 118 valence electrons. The number of nitrogens with one attached hydrogen (secondary N) is 1. The molecule has 0 unspecified atom stereocenters. The lowest BCUT2D eigenvalue weighted by molar-refractivity contribution is 0.102. The van der Waals surface area contributed by atoms with Gasteiger partial charge in [-0.3, -0.25) is 10.1 Å². The zero-order valence-corrected chi connectivity index (χ0v) is 13.6. The van der Waals surface area contributed by atoms with Gasteiger partial charge in [-0.1, -0.05) is 42.9 Å². The molecule has 3 rings (SSSR count). The fraction of sp³-hybridized carbons (Fsp3) is 0.250.